The van der Waals surface area contributed by atoms with Gasteiger partial charge in [-0.15, -0.1) is 11.3 Å². The second-order valence-electron chi connectivity index (χ2n) is 6.64. The van der Waals surface area contributed by atoms with Crippen LogP contribution in [0.15, 0.2) is 41.0 Å². The molecule has 0 radical (unpaired) electrons. The summed E-state index contributed by atoms with van der Waals surface area (Å²) in [4.78, 5) is 27.3. The number of aromatic nitrogens is 2. The van der Waals surface area contributed by atoms with E-state index in [1.54, 1.807) is 36.6 Å². The zero-order valence-corrected chi connectivity index (χ0v) is 16.6. The van der Waals surface area contributed by atoms with Gasteiger partial charge in [0, 0.05) is 24.7 Å². The zero-order chi connectivity index (χ0) is 19.5. The number of furan rings is 1. The van der Waals surface area contributed by atoms with E-state index in [1.807, 2.05) is 4.90 Å². The molecule has 4 heterocycles. The monoisotopic (exact) mass is 418 g/mol. The molecule has 146 valence electrons. The highest BCUT2D eigenvalue weighted by Crippen LogP contribution is 2.29. The van der Waals surface area contributed by atoms with Crippen LogP contribution in [0.4, 0.5) is 0 Å². The Kier molecular flexibility index (Phi) is 5.50. The van der Waals surface area contributed by atoms with E-state index in [2.05, 4.69) is 15.5 Å². The standard InChI is InChI=1S/C19H19ClN4O3S/c20-17-4-3-16(28-17)19(26)24-7-5-12(6-8-24)14-10-15(23-22-14)18(25)21-11-13-2-1-9-27-13/h1-4,9-10,12H,5-8,11H2,(H,21,25)(H,22,23). The number of piperidine rings is 1. The predicted molar refractivity (Wildman–Crippen MR) is 106 cm³/mol. The molecule has 1 saturated heterocycles. The number of halogens is 1. The van der Waals surface area contributed by atoms with Crippen molar-refractivity contribution in [1.29, 1.82) is 0 Å². The molecule has 7 nitrogen and oxygen atoms in total. The maximum Gasteiger partial charge on any atom is 0.272 e. The first kappa shape index (κ1) is 18.8. The van der Waals surface area contributed by atoms with Crippen LogP contribution in [-0.2, 0) is 6.54 Å². The largest absolute Gasteiger partial charge is 0.467 e. The zero-order valence-electron chi connectivity index (χ0n) is 15.0. The van der Waals surface area contributed by atoms with Gasteiger partial charge in [0.1, 0.15) is 11.5 Å². The molecule has 2 N–H and O–H groups in total. The van der Waals surface area contributed by atoms with Crippen LogP contribution in [0.25, 0.3) is 0 Å². The number of amides is 2. The van der Waals surface area contributed by atoms with Crippen LogP contribution >= 0.6 is 22.9 Å². The Bertz CT molecular complexity index is 958. The third-order valence-electron chi connectivity index (χ3n) is 4.84. The van der Waals surface area contributed by atoms with Crippen molar-refractivity contribution in [3.8, 4) is 0 Å². The van der Waals surface area contributed by atoms with Crippen molar-refractivity contribution in [3.63, 3.8) is 0 Å². The van der Waals surface area contributed by atoms with Gasteiger partial charge in [-0.2, -0.15) is 5.10 Å². The maximum atomic E-state index is 12.5. The van der Waals surface area contributed by atoms with Crippen molar-refractivity contribution in [2.24, 2.45) is 0 Å². The lowest BCUT2D eigenvalue weighted by molar-refractivity contribution is 0.0717. The molecule has 0 bridgehead atoms. The van der Waals surface area contributed by atoms with Gasteiger partial charge >= 0.3 is 0 Å². The fourth-order valence-electron chi connectivity index (χ4n) is 3.31. The van der Waals surface area contributed by atoms with E-state index in [0.29, 0.717) is 40.3 Å². The van der Waals surface area contributed by atoms with E-state index in [1.165, 1.54) is 11.3 Å². The molecule has 1 aliphatic rings. The van der Waals surface area contributed by atoms with Crippen molar-refractivity contribution in [2.75, 3.05) is 13.1 Å². The summed E-state index contributed by atoms with van der Waals surface area (Å²) in [5.74, 6) is 0.710. The van der Waals surface area contributed by atoms with Crippen LogP contribution in [0.1, 0.15) is 50.4 Å². The highest BCUT2D eigenvalue weighted by molar-refractivity contribution is 7.17. The summed E-state index contributed by atoms with van der Waals surface area (Å²) in [7, 11) is 0. The Morgan fingerprint density at radius 1 is 1.32 bits per heavy atom. The van der Waals surface area contributed by atoms with E-state index >= 15 is 0 Å². The fraction of sp³-hybridized carbons (Fsp3) is 0.316. The Morgan fingerprint density at radius 2 is 2.14 bits per heavy atom. The second-order valence-corrected chi connectivity index (χ2v) is 8.36. The van der Waals surface area contributed by atoms with Gasteiger partial charge in [-0.3, -0.25) is 14.7 Å². The highest BCUT2D eigenvalue weighted by Gasteiger charge is 2.27. The number of nitrogens with zero attached hydrogens (tertiary/aromatic N) is 2. The molecular weight excluding hydrogens is 400 g/mol. The van der Waals surface area contributed by atoms with Crippen molar-refractivity contribution < 1.29 is 14.0 Å². The summed E-state index contributed by atoms with van der Waals surface area (Å²) in [5, 5.41) is 9.89. The molecule has 28 heavy (non-hydrogen) atoms. The summed E-state index contributed by atoms with van der Waals surface area (Å²) in [5.41, 5.74) is 1.28. The van der Waals surface area contributed by atoms with Crippen LogP contribution < -0.4 is 5.32 Å². The first-order valence-corrected chi connectivity index (χ1v) is 10.2. The Balaban J connectivity index is 1.31. The molecule has 0 unspecified atom stereocenters. The van der Waals surface area contributed by atoms with E-state index in [9.17, 15) is 9.59 Å². The minimum absolute atomic E-state index is 0.0259. The molecular formula is C19H19ClN4O3S. The molecule has 0 aromatic carbocycles. The van der Waals surface area contributed by atoms with E-state index in [0.717, 1.165) is 18.5 Å². The molecule has 3 aromatic heterocycles. The summed E-state index contributed by atoms with van der Waals surface area (Å²) in [6.45, 7) is 1.65. The number of aromatic amines is 1. The SMILES string of the molecule is O=C(NCc1ccco1)c1cc(C2CCN(C(=O)c3ccc(Cl)s3)CC2)[nH]n1. The topological polar surface area (TPSA) is 91.2 Å². The number of thiophene rings is 1. The molecule has 9 heteroatoms. The van der Waals surface area contributed by atoms with Crippen LogP contribution in [-0.4, -0.2) is 40.0 Å². The van der Waals surface area contributed by atoms with Gasteiger partial charge in [-0.25, -0.2) is 0 Å². The summed E-state index contributed by atoms with van der Waals surface area (Å²) in [6, 6.07) is 8.88. The van der Waals surface area contributed by atoms with Crippen LogP contribution in [0.2, 0.25) is 4.34 Å². The van der Waals surface area contributed by atoms with Crippen LogP contribution in [0.3, 0.4) is 0 Å². The number of nitrogens with one attached hydrogen (secondary N) is 2. The normalized spacial score (nSPS) is 15.0. The van der Waals surface area contributed by atoms with Crippen molar-refractivity contribution in [3.05, 3.63) is 63.0 Å². The minimum Gasteiger partial charge on any atom is -0.467 e. The van der Waals surface area contributed by atoms with E-state index in [4.69, 9.17) is 16.0 Å². The molecule has 3 aromatic rings. The van der Waals surface area contributed by atoms with E-state index < -0.39 is 0 Å². The fourth-order valence-corrected chi connectivity index (χ4v) is 4.32. The van der Waals surface area contributed by atoms with Gasteiger partial charge in [0.15, 0.2) is 0 Å². The lowest BCUT2D eigenvalue weighted by atomic mass is 9.93. The van der Waals surface area contributed by atoms with Gasteiger partial charge in [-0.1, -0.05) is 11.6 Å². The molecule has 0 aliphatic carbocycles. The summed E-state index contributed by atoms with van der Waals surface area (Å²) in [6.07, 6.45) is 3.21. The number of carbonyl (C=O) groups is 2. The van der Waals surface area contributed by atoms with Gasteiger partial charge in [-0.05, 0) is 43.2 Å². The van der Waals surface area contributed by atoms with Gasteiger partial charge in [0.05, 0.1) is 22.0 Å². The lowest BCUT2D eigenvalue weighted by Gasteiger charge is -2.31. The molecule has 0 saturated carbocycles. The predicted octanol–water partition coefficient (Wildman–Crippen LogP) is 3.67. The third kappa shape index (κ3) is 4.13. The molecule has 2 amide bonds. The van der Waals surface area contributed by atoms with Gasteiger partial charge < -0.3 is 14.6 Å². The number of carbonyl (C=O) groups excluding carboxylic acids is 2. The highest BCUT2D eigenvalue weighted by atomic mass is 35.5. The average molecular weight is 419 g/mol. The Labute approximate surface area is 170 Å². The van der Waals surface area contributed by atoms with Crippen molar-refractivity contribution in [1.82, 2.24) is 20.4 Å². The quantitative estimate of drug-likeness (QED) is 0.661. The van der Waals surface area contributed by atoms with Gasteiger partial charge in [0.2, 0.25) is 0 Å². The van der Waals surface area contributed by atoms with Crippen LogP contribution in [0, 0.1) is 0 Å². The van der Waals surface area contributed by atoms with E-state index in [-0.39, 0.29) is 17.7 Å². The van der Waals surface area contributed by atoms with Crippen molar-refractivity contribution in [2.45, 2.75) is 25.3 Å². The van der Waals surface area contributed by atoms with Crippen LogP contribution in [0.5, 0.6) is 0 Å². The van der Waals surface area contributed by atoms with Gasteiger partial charge in [0.25, 0.3) is 11.8 Å². The number of rotatable bonds is 5. The average Bonchev–Trinajstić information content (AvgIpc) is 3.47. The minimum atomic E-state index is -0.249. The number of likely N-dealkylation sites (tertiary alicyclic amines) is 1. The molecule has 0 atom stereocenters. The maximum absolute atomic E-state index is 12.5. The number of hydrogen-bond acceptors (Lipinski definition) is 5. The first-order valence-electron chi connectivity index (χ1n) is 9.00. The Morgan fingerprint density at radius 3 is 2.82 bits per heavy atom. The number of hydrogen-bond donors (Lipinski definition) is 2. The third-order valence-corrected chi connectivity index (χ3v) is 6.06. The smallest absolute Gasteiger partial charge is 0.272 e. The number of H-pyrrole nitrogens is 1. The van der Waals surface area contributed by atoms with Crippen molar-refractivity contribution >= 4 is 34.8 Å². The second kappa shape index (κ2) is 8.20. The first-order chi connectivity index (χ1) is 13.6. The molecule has 1 aliphatic heterocycles. The molecule has 0 spiro atoms. The Hall–Kier alpha value is -2.58. The summed E-state index contributed by atoms with van der Waals surface area (Å²) >= 11 is 7.23. The molecule has 1 fully saturated rings. The lowest BCUT2D eigenvalue weighted by Crippen LogP contribution is -2.37. The molecule has 4 rings (SSSR count). The summed E-state index contributed by atoms with van der Waals surface area (Å²) < 4.78 is 5.82.